The zero-order valence-electron chi connectivity index (χ0n) is 13.9. The molecule has 3 rings (SSSR count). The second kappa shape index (κ2) is 6.36. The molecule has 6 nitrogen and oxygen atoms in total. The lowest BCUT2D eigenvalue weighted by Gasteiger charge is -2.37. The highest BCUT2D eigenvalue weighted by atomic mass is 16.5. The summed E-state index contributed by atoms with van der Waals surface area (Å²) in [6.07, 6.45) is 0.512. The quantitative estimate of drug-likeness (QED) is 0.610. The van der Waals surface area contributed by atoms with Gasteiger partial charge in [-0.2, -0.15) is 0 Å². The second-order valence-corrected chi connectivity index (χ2v) is 6.13. The zero-order valence-corrected chi connectivity index (χ0v) is 13.9. The van der Waals surface area contributed by atoms with Gasteiger partial charge in [0.25, 0.3) is 0 Å². The van der Waals surface area contributed by atoms with E-state index in [1.807, 2.05) is 24.3 Å². The van der Waals surface area contributed by atoms with Crippen LogP contribution in [0.25, 0.3) is 0 Å². The van der Waals surface area contributed by atoms with Gasteiger partial charge in [0.1, 0.15) is 0 Å². The van der Waals surface area contributed by atoms with Gasteiger partial charge < -0.3 is 9.47 Å². The number of methoxy groups -OCH3 is 1. The van der Waals surface area contributed by atoms with Gasteiger partial charge >= 0.3 is 11.9 Å². The molecule has 0 N–H and O–H groups in total. The highest BCUT2D eigenvalue weighted by Gasteiger charge is 2.63. The van der Waals surface area contributed by atoms with E-state index in [1.54, 1.807) is 11.8 Å². The van der Waals surface area contributed by atoms with Gasteiger partial charge in [-0.15, -0.1) is 0 Å². The van der Waals surface area contributed by atoms with Gasteiger partial charge in [0.2, 0.25) is 0 Å². The number of hydrogen-bond acceptors (Lipinski definition) is 6. The maximum Gasteiger partial charge on any atom is 0.335 e. The molecule has 2 aliphatic heterocycles. The first-order chi connectivity index (χ1) is 11.6. The lowest BCUT2D eigenvalue weighted by Crippen LogP contribution is -2.62. The van der Waals surface area contributed by atoms with Crippen molar-refractivity contribution in [1.29, 1.82) is 0 Å². The van der Waals surface area contributed by atoms with Crippen LogP contribution in [0.15, 0.2) is 24.3 Å². The van der Waals surface area contributed by atoms with E-state index < -0.39 is 23.4 Å². The highest BCUT2D eigenvalue weighted by molar-refractivity contribution is 6.13. The van der Waals surface area contributed by atoms with Crippen molar-refractivity contribution in [3.05, 3.63) is 35.4 Å². The summed E-state index contributed by atoms with van der Waals surface area (Å²) in [6, 6.07) is 7.70. The van der Waals surface area contributed by atoms with Crippen LogP contribution in [0.4, 0.5) is 0 Å². The Morgan fingerprint density at radius 2 is 2.00 bits per heavy atom. The summed E-state index contributed by atoms with van der Waals surface area (Å²) in [5, 5.41) is 0. The summed E-state index contributed by atoms with van der Waals surface area (Å²) in [4.78, 5) is 40.0. The SMILES string of the molecule is CCOC(=O)[C@]12C(=O)CCN1Cc1ccccc1C[C@H]2C(=O)OC. The van der Waals surface area contributed by atoms with E-state index >= 15 is 0 Å². The van der Waals surface area contributed by atoms with Gasteiger partial charge in [0.05, 0.1) is 19.6 Å². The molecule has 128 valence electrons. The zero-order chi connectivity index (χ0) is 17.3. The van der Waals surface area contributed by atoms with Crippen molar-refractivity contribution < 1.29 is 23.9 Å². The maximum atomic E-state index is 12.9. The third kappa shape index (κ3) is 2.33. The number of fused-ring (bicyclic) bond motifs is 2. The van der Waals surface area contributed by atoms with E-state index in [1.165, 1.54) is 7.11 Å². The fourth-order valence-corrected chi connectivity index (χ4v) is 3.90. The van der Waals surface area contributed by atoms with Gasteiger partial charge in [0, 0.05) is 19.5 Å². The van der Waals surface area contributed by atoms with Gasteiger partial charge in [0.15, 0.2) is 11.3 Å². The number of nitrogens with zero attached hydrogens (tertiary/aromatic N) is 1. The summed E-state index contributed by atoms with van der Waals surface area (Å²) in [5.41, 5.74) is 0.397. The van der Waals surface area contributed by atoms with Crippen LogP contribution >= 0.6 is 0 Å². The van der Waals surface area contributed by atoms with Gasteiger partial charge in [-0.3, -0.25) is 14.5 Å². The van der Waals surface area contributed by atoms with Crippen molar-refractivity contribution in [2.24, 2.45) is 5.92 Å². The Balaban J connectivity index is 2.17. The van der Waals surface area contributed by atoms with Crippen LogP contribution in [0.1, 0.15) is 24.5 Å². The summed E-state index contributed by atoms with van der Waals surface area (Å²) in [7, 11) is 1.28. The van der Waals surface area contributed by atoms with E-state index in [-0.39, 0.29) is 25.2 Å². The summed E-state index contributed by atoms with van der Waals surface area (Å²) in [6.45, 7) is 2.72. The molecular weight excluding hydrogens is 310 g/mol. The molecule has 0 spiro atoms. The summed E-state index contributed by atoms with van der Waals surface area (Å²) >= 11 is 0. The number of ether oxygens (including phenoxy) is 2. The van der Waals surface area contributed by atoms with Crippen molar-refractivity contribution in [3.63, 3.8) is 0 Å². The second-order valence-electron chi connectivity index (χ2n) is 6.13. The predicted octanol–water partition coefficient (Wildman–Crippen LogP) is 1.11. The van der Waals surface area contributed by atoms with Crippen molar-refractivity contribution in [2.45, 2.75) is 31.8 Å². The molecule has 0 saturated carbocycles. The summed E-state index contributed by atoms with van der Waals surface area (Å²) < 4.78 is 10.2. The molecule has 0 amide bonds. The monoisotopic (exact) mass is 331 g/mol. The average molecular weight is 331 g/mol. The molecule has 6 heteroatoms. The van der Waals surface area contributed by atoms with Gasteiger partial charge in [-0.05, 0) is 24.5 Å². The van der Waals surface area contributed by atoms with E-state index in [0.717, 1.165) is 11.1 Å². The topological polar surface area (TPSA) is 72.9 Å². The minimum atomic E-state index is -1.58. The van der Waals surface area contributed by atoms with Crippen LogP contribution < -0.4 is 0 Å². The fraction of sp³-hybridized carbons (Fsp3) is 0.500. The first kappa shape index (κ1) is 16.6. The molecule has 1 fully saturated rings. The molecule has 2 heterocycles. The Morgan fingerprint density at radius 1 is 1.29 bits per heavy atom. The number of ketones is 1. The molecule has 1 aromatic carbocycles. The van der Waals surface area contributed by atoms with E-state index in [9.17, 15) is 14.4 Å². The number of esters is 2. The molecule has 1 saturated heterocycles. The first-order valence-electron chi connectivity index (χ1n) is 8.15. The molecule has 0 radical (unpaired) electrons. The number of benzene rings is 1. The van der Waals surface area contributed by atoms with Crippen LogP contribution in [-0.2, 0) is 36.8 Å². The average Bonchev–Trinajstić information content (AvgIpc) is 2.82. The van der Waals surface area contributed by atoms with Crippen molar-refractivity contribution in [3.8, 4) is 0 Å². The van der Waals surface area contributed by atoms with Crippen LogP contribution in [-0.4, -0.2) is 48.4 Å². The Hall–Kier alpha value is -2.21. The number of rotatable bonds is 3. The fourth-order valence-electron chi connectivity index (χ4n) is 3.90. The Morgan fingerprint density at radius 3 is 2.67 bits per heavy atom. The van der Waals surface area contributed by atoms with Crippen LogP contribution in [0, 0.1) is 5.92 Å². The first-order valence-corrected chi connectivity index (χ1v) is 8.15. The van der Waals surface area contributed by atoms with Crippen molar-refractivity contribution in [2.75, 3.05) is 20.3 Å². The minimum Gasteiger partial charge on any atom is -0.469 e. The number of carbonyl (C=O) groups is 3. The Bertz CT molecular complexity index is 686. The normalized spacial score (nSPS) is 26.2. The van der Waals surface area contributed by atoms with Crippen LogP contribution in [0.3, 0.4) is 0 Å². The predicted molar refractivity (Wildman–Crippen MR) is 85.1 cm³/mol. The number of hydrogen-bond donors (Lipinski definition) is 0. The van der Waals surface area contributed by atoms with Crippen molar-refractivity contribution >= 4 is 17.7 Å². The van der Waals surface area contributed by atoms with Gasteiger partial charge in [-0.1, -0.05) is 24.3 Å². The van der Waals surface area contributed by atoms with Crippen LogP contribution in [0.2, 0.25) is 0 Å². The third-order valence-corrected chi connectivity index (χ3v) is 5.01. The minimum absolute atomic E-state index is 0.155. The van der Waals surface area contributed by atoms with Crippen molar-refractivity contribution in [1.82, 2.24) is 4.90 Å². The summed E-state index contributed by atoms with van der Waals surface area (Å²) in [5.74, 6) is -2.36. The molecule has 2 atom stereocenters. The Kier molecular flexibility index (Phi) is 4.41. The van der Waals surface area contributed by atoms with E-state index in [2.05, 4.69) is 0 Å². The van der Waals surface area contributed by atoms with E-state index in [0.29, 0.717) is 13.1 Å². The Labute approximate surface area is 140 Å². The molecule has 24 heavy (non-hydrogen) atoms. The molecule has 0 aromatic heterocycles. The largest absolute Gasteiger partial charge is 0.469 e. The number of carbonyl (C=O) groups excluding carboxylic acids is 3. The molecule has 2 aliphatic rings. The van der Waals surface area contributed by atoms with Gasteiger partial charge in [-0.25, -0.2) is 4.79 Å². The third-order valence-electron chi connectivity index (χ3n) is 5.01. The van der Waals surface area contributed by atoms with Crippen LogP contribution in [0.5, 0.6) is 0 Å². The smallest absolute Gasteiger partial charge is 0.335 e. The molecule has 0 aliphatic carbocycles. The lowest BCUT2D eigenvalue weighted by molar-refractivity contribution is -0.172. The molecular formula is C18H21NO5. The lowest BCUT2D eigenvalue weighted by atomic mass is 9.77. The molecule has 0 bridgehead atoms. The molecule has 1 aromatic rings. The maximum absolute atomic E-state index is 12.9. The number of Topliss-reactive ketones (excluding diaryl/α,β-unsaturated/α-hetero) is 1. The highest BCUT2D eigenvalue weighted by Crippen LogP contribution is 2.41. The van der Waals surface area contributed by atoms with E-state index in [4.69, 9.17) is 9.47 Å². The standard InChI is InChI=1S/C18H21NO5/c1-3-24-17(22)18-14(16(21)23-2)10-12-6-4-5-7-13(12)11-19(18)9-8-15(18)20/h4-7,14H,3,8-11H2,1-2H3/t14-,18-/m0/s1. The molecule has 0 unspecified atom stereocenters.